The second-order valence-corrected chi connectivity index (χ2v) is 4.59. The largest absolute Gasteiger partial charge is 0.416 e. The van der Waals surface area contributed by atoms with E-state index >= 15 is 0 Å². The molecule has 2 aromatic rings. The van der Waals surface area contributed by atoms with E-state index in [1.807, 2.05) is 0 Å². The molecule has 7 heteroatoms. The molecule has 0 saturated heterocycles. The third kappa shape index (κ3) is 2.27. The van der Waals surface area contributed by atoms with Crippen molar-refractivity contribution < 1.29 is 13.2 Å². The summed E-state index contributed by atoms with van der Waals surface area (Å²) in [6.07, 6.45) is -3.26. The number of rotatable bonds is 1. The molecule has 0 radical (unpaired) electrons. The van der Waals surface area contributed by atoms with E-state index in [-0.39, 0.29) is 5.82 Å². The van der Waals surface area contributed by atoms with Gasteiger partial charge in [0.25, 0.3) is 0 Å². The first-order chi connectivity index (χ1) is 8.30. The molecule has 0 amide bonds. The van der Waals surface area contributed by atoms with E-state index in [0.717, 1.165) is 22.8 Å². The molecular formula is C11H9BrF3N3. The van der Waals surface area contributed by atoms with Crippen LogP contribution in [0, 0.1) is 13.8 Å². The first-order valence-corrected chi connectivity index (χ1v) is 5.85. The zero-order chi connectivity index (χ0) is 13.5. The molecule has 2 aromatic heterocycles. The normalized spacial score (nSPS) is 11.9. The van der Waals surface area contributed by atoms with Crippen molar-refractivity contribution in [3.05, 3.63) is 39.8 Å². The minimum atomic E-state index is -4.38. The first-order valence-electron chi connectivity index (χ1n) is 5.06. The van der Waals surface area contributed by atoms with Crippen LogP contribution in [0.15, 0.2) is 22.8 Å². The Hall–Kier alpha value is -1.37. The molecule has 0 N–H and O–H groups in total. The van der Waals surface area contributed by atoms with E-state index in [4.69, 9.17) is 0 Å². The highest BCUT2D eigenvalue weighted by molar-refractivity contribution is 9.10. The lowest BCUT2D eigenvalue weighted by molar-refractivity contribution is -0.137. The maximum Gasteiger partial charge on any atom is 0.416 e. The molecule has 0 aliphatic rings. The lowest BCUT2D eigenvalue weighted by atomic mass is 10.2. The van der Waals surface area contributed by atoms with Crippen molar-refractivity contribution in [2.45, 2.75) is 20.0 Å². The summed E-state index contributed by atoms with van der Waals surface area (Å²) in [5.74, 6) is 0.149. The molecular weight excluding hydrogens is 311 g/mol. The molecule has 0 saturated carbocycles. The number of halogens is 4. The Morgan fingerprint density at radius 1 is 1.28 bits per heavy atom. The zero-order valence-electron chi connectivity index (χ0n) is 9.59. The SMILES string of the molecule is Cc1nn(-c2cc(C(F)(F)F)ccn2)c(C)c1Br. The summed E-state index contributed by atoms with van der Waals surface area (Å²) >= 11 is 3.32. The van der Waals surface area contributed by atoms with Crippen LogP contribution >= 0.6 is 15.9 Å². The molecule has 18 heavy (non-hydrogen) atoms. The van der Waals surface area contributed by atoms with E-state index in [9.17, 15) is 13.2 Å². The van der Waals surface area contributed by atoms with Gasteiger partial charge in [-0.3, -0.25) is 0 Å². The lowest BCUT2D eigenvalue weighted by Gasteiger charge is -2.08. The van der Waals surface area contributed by atoms with Crippen LogP contribution in [0.5, 0.6) is 0 Å². The summed E-state index contributed by atoms with van der Waals surface area (Å²) in [4.78, 5) is 3.92. The highest BCUT2D eigenvalue weighted by Gasteiger charge is 2.31. The number of alkyl halides is 3. The Morgan fingerprint density at radius 3 is 2.44 bits per heavy atom. The molecule has 2 rings (SSSR count). The number of aryl methyl sites for hydroxylation is 1. The molecule has 0 aromatic carbocycles. The molecule has 0 bridgehead atoms. The molecule has 0 atom stereocenters. The van der Waals surface area contributed by atoms with Gasteiger partial charge in [-0.05, 0) is 41.9 Å². The quantitative estimate of drug-likeness (QED) is 0.803. The van der Waals surface area contributed by atoms with E-state index < -0.39 is 11.7 Å². The number of hydrogen-bond acceptors (Lipinski definition) is 2. The molecule has 0 unspecified atom stereocenters. The average molecular weight is 320 g/mol. The van der Waals surface area contributed by atoms with Gasteiger partial charge in [-0.2, -0.15) is 18.3 Å². The van der Waals surface area contributed by atoms with Crippen molar-refractivity contribution in [3.8, 4) is 5.82 Å². The Morgan fingerprint density at radius 2 is 1.94 bits per heavy atom. The third-order valence-corrected chi connectivity index (χ3v) is 3.64. The Labute approximate surface area is 110 Å². The van der Waals surface area contributed by atoms with Crippen LogP contribution in [-0.2, 0) is 6.18 Å². The highest BCUT2D eigenvalue weighted by atomic mass is 79.9. The van der Waals surface area contributed by atoms with Gasteiger partial charge in [0.05, 0.1) is 21.4 Å². The molecule has 2 heterocycles. The van der Waals surface area contributed by atoms with Crippen LogP contribution in [0.1, 0.15) is 17.0 Å². The first kappa shape index (κ1) is 13.1. The second kappa shape index (κ2) is 4.38. The summed E-state index contributed by atoms with van der Waals surface area (Å²) in [6, 6.07) is 1.91. The number of aromatic nitrogens is 3. The smallest absolute Gasteiger partial charge is 0.237 e. The fourth-order valence-corrected chi connectivity index (χ4v) is 1.80. The Kier molecular flexibility index (Phi) is 3.18. The van der Waals surface area contributed by atoms with Crippen molar-refractivity contribution in [1.29, 1.82) is 0 Å². The van der Waals surface area contributed by atoms with Crippen LogP contribution in [-0.4, -0.2) is 14.8 Å². The van der Waals surface area contributed by atoms with Gasteiger partial charge in [0.2, 0.25) is 0 Å². The van der Waals surface area contributed by atoms with Gasteiger partial charge in [-0.25, -0.2) is 9.67 Å². The molecule has 3 nitrogen and oxygen atoms in total. The average Bonchev–Trinajstić information content (AvgIpc) is 2.56. The summed E-state index contributed by atoms with van der Waals surface area (Å²) in [5.41, 5.74) is 0.669. The van der Waals surface area contributed by atoms with Gasteiger partial charge < -0.3 is 0 Å². The summed E-state index contributed by atoms with van der Waals surface area (Å²) in [6.45, 7) is 3.52. The maximum absolute atomic E-state index is 12.6. The minimum Gasteiger partial charge on any atom is -0.237 e. The second-order valence-electron chi connectivity index (χ2n) is 3.80. The van der Waals surface area contributed by atoms with Crippen LogP contribution in [0.25, 0.3) is 5.82 Å². The molecule has 0 aliphatic heterocycles. The van der Waals surface area contributed by atoms with Crippen LogP contribution in [0.2, 0.25) is 0 Å². The molecule has 0 spiro atoms. The predicted molar refractivity (Wildman–Crippen MR) is 63.5 cm³/mol. The van der Waals surface area contributed by atoms with E-state index in [1.54, 1.807) is 13.8 Å². The summed E-state index contributed by atoms with van der Waals surface area (Å²) in [5, 5.41) is 4.14. The topological polar surface area (TPSA) is 30.7 Å². The standard InChI is InChI=1S/C11H9BrF3N3/c1-6-10(12)7(2)18(17-6)9-5-8(3-4-16-9)11(13,14)15/h3-5H,1-2H3. The van der Waals surface area contributed by atoms with E-state index in [2.05, 4.69) is 26.0 Å². The number of pyridine rings is 1. The fraction of sp³-hybridized carbons (Fsp3) is 0.273. The Balaban J connectivity index is 2.55. The monoisotopic (exact) mass is 319 g/mol. The Bertz CT molecular complexity index is 590. The zero-order valence-corrected chi connectivity index (χ0v) is 11.2. The van der Waals surface area contributed by atoms with Gasteiger partial charge in [-0.15, -0.1) is 0 Å². The summed E-state index contributed by atoms with van der Waals surface area (Å²) < 4.78 is 40.0. The number of nitrogens with zero attached hydrogens (tertiary/aromatic N) is 3. The highest BCUT2D eigenvalue weighted by Crippen LogP contribution is 2.30. The lowest BCUT2D eigenvalue weighted by Crippen LogP contribution is -2.08. The van der Waals surface area contributed by atoms with Gasteiger partial charge in [0, 0.05) is 6.20 Å². The van der Waals surface area contributed by atoms with Crippen LogP contribution in [0.4, 0.5) is 13.2 Å². The van der Waals surface area contributed by atoms with Gasteiger partial charge in [0.15, 0.2) is 5.82 Å². The predicted octanol–water partition coefficient (Wildman–Crippen LogP) is 3.67. The van der Waals surface area contributed by atoms with E-state index in [0.29, 0.717) is 11.4 Å². The summed E-state index contributed by atoms with van der Waals surface area (Å²) in [7, 11) is 0. The van der Waals surface area contributed by atoms with E-state index in [1.165, 1.54) is 4.68 Å². The van der Waals surface area contributed by atoms with Gasteiger partial charge in [0.1, 0.15) is 0 Å². The van der Waals surface area contributed by atoms with Crippen molar-refractivity contribution in [2.24, 2.45) is 0 Å². The molecule has 96 valence electrons. The van der Waals surface area contributed by atoms with Crippen molar-refractivity contribution in [2.75, 3.05) is 0 Å². The minimum absolute atomic E-state index is 0.149. The van der Waals surface area contributed by atoms with Crippen molar-refractivity contribution in [3.63, 3.8) is 0 Å². The fourth-order valence-electron chi connectivity index (χ4n) is 1.56. The van der Waals surface area contributed by atoms with Gasteiger partial charge in [-0.1, -0.05) is 0 Å². The number of hydrogen-bond donors (Lipinski definition) is 0. The molecule has 0 fully saturated rings. The van der Waals surface area contributed by atoms with Crippen LogP contribution < -0.4 is 0 Å². The molecule has 0 aliphatic carbocycles. The van der Waals surface area contributed by atoms with Crippen molar-refractivity contribution in [1.82, 2.24) is 14.8 Å². The van der Waals surface area contributed by atoms with Crippen molar-refractivity contribution >= 4 is 15.9 Å². The van der Waals surface area contributed by atoms with Gasteiger partial charge >= 0.3 is 6.18 Å². The maximum atomic E-state index is 12.6. The third-order valence-electron chi connectivity index (χ3n) is 2.49. The van der Waals surface area contributed by atoms with Crippen LogP contribution in [0.3, 0.4) is 0 Å².